The monoisotopic (exact) mass is 297 g/mol. The molecular formula is C13H16BrNO2. The minimum Gasteiger partial charge on any atom is -0.493 e. The van der Waals surface area contributed by atoms with Crippen molar-refractivity contribution in [3.63, 3.8) is 0 Å². The number of benzene rings is 1. The smallest absolute Gasteiger partial charge is 0.254 e. The van der Waals surface area contributed by atoms with Crippen LogP contribution in [0, 0.1) is 5.92 Å². The molecule has 1 aromatic rings. The van der Waals surface area contributed by atoms with Gasteiger partial charge in [-0.25, -0.2) is 0 Å². The fourth-order valence-corrected chi connectivity index (χ4v) is 2.31. The van der Waals surface area contributed by atoms with E-state index < -0.39 is 0 Å². The lowest BCUT2D eigenvalue weighted by molar-refractivity contribution is 0.0530. The number of hydrogen-bond donors (Lipinski definition) is 0. The third kappa shape index (κ3) is 2.63. The van der Waals surface area contributed by atoms with E-state index in [1.807, 2.05) is 24.0 Å². The molecule has 0 radical (unpaired) electrons. The van der Waals surface area contributed by atoms with Crippen LogP contribution >= 0.6 is 15.9 Å². The van der Waals surface area contributed by atoms with Crippen molar-refractivity contribution in [3.05, 3.63) is 28.2 Å². The molecular weight excluding hydrogens is 282 g/mol. The number of nitrogens with zero attached hydrogens (tertiary/aromatic N) is 1. The number of halogens is 1. The molecule has 92 valence electrons. The van der Waals surface area contributed by atoms with Crippen LogP contribution < -0.4 is 4.74 Å². The topological polar surface area (TPSA) is 29.5 Å². The second-order valence-electron chi connectivity index (χ2n) is 4.39. The summed E-state index contributed by atoms with van der Waals surface area (Å²) in [5, 5.41) is 0. The SMILES string of the molecule is CCOc1cc(C(=O)N2CC(C)C2)ccc1Br. The van der Waals surface area contributed by atoms with Crippen LogP contribution in [-0.4, -0.2) is 30.5 Å². The van der Waals surface area contributed by atoms with E-state index in [2.05, 4.69) is 22.9 Å². The molecule has 0 spiro atoms. The lowest BCUT2D eigenvalue weighted by Crippen LogP contribution is -2.48. The predicted molar refractivity (Wildman–Crippen MR) is 70.4 cm³/mol. The Morgan fingerprint density at radius 2 is 2.24 bits per heavy atom. The molecule has 2 rings (SSSR count). The van der Waals surface area contributed by atoms with Crippen molar-refractivity contribution < 1.29 is 9.53 Å². The second kappa shape index (κ2) is 5.08. The molecule has 4 heteroatoms. The van der Waals surface area contributed by atoms with Crippen LogP contribution in [0.1, 0.15) is 24.2 Å². The molecule has 1 fully saturated rings. The van der Waals surface area contributed by atoms with Crippen molar-refractivity contribution in [2.75, 3.05) is 19.7 Å². The number of rotatable bonds is 3. The highest BCUT2D eigenvalue weighted by Gasteiger charge is 2.28. The Labute approximate surface area is 110 Å². The highest BCUT2D eigenvalue weighted by molar-refractivity contribution is 9.10. The summed E-state index contributed by atoms with van der Waals surface area (Å²) in [5.41, 5.74) is 0.698. The first-order chi connectivity index (χ1) is 8.11. The molecule has 0 aliphatic carbocycles. The van der Waals surface area contributed by atoms with E-state index in [1.165, 1.54) is 0 Å². The molecule has 1 amide bonds. The molecule has 3 nitrogen and oxygen atoms in total. The van der Waals surface area contributed by atoms with E-state index in [-0.39, 0.29) is 5.91 Å². The molecule has 0 unspecified atom stereocenters. The van der Waals surface area contributed by atoms with Crippen LogP contribution in [-0.2, 0) is 0 Å². The Bertz CT molecular complexity index is 427. The predicted octanol–water partition coefficient (Wildman–Crippen LogP) is 2.94. The van der Waals surface area contributed by atoms with Crippen LogP contribution in [0.25, 0.3) is 0 Å². The summed E-state index contributed by atoms with van der Waals surface area (Å²) in [5.74, 6) is 1.45. The van der Waals surface area contributed by atoms with Crippen LogP contribution in [0.3, 0.4) is 0 Å². The summed E-state index contributed by atoms with van der Waals surface area (Å²) >= 11 is 3.41. The van der Waals surface area contributed by atoms with Crippen molar-refractivity contribution in [2.24, 2.45) is 5.92 Å². The fourth-order valence-electron chi connectivity index (χ4n) is 1.95. The molecule has 0 aromatic heterocycles. The van der Waals surface area contributed by atoms with E-state index in [4.69, 9.17) is 4.74 Å². The molecule has 0 bridgehead atoms. The van der Waals surface area contributed by atoms with Gasteiger partial charge in [0.05, 0.1) is 11.1 Å². The van der Waals surface area contributed by atoms with Gasteiger partial charge in [0.25, 0.3) is 5.91 Å². The average Bonchev–Trinajstić information content (AvgIpc) is 2.27. The molecule has 1 aliphatic rings. The molecule has 0 N–H and O–H groups in total. The molecule has 0 atom stereocenters. The van der Waals surface area contributed by atoms with Crippen molar-refractivity contribution in [3.8, 4) is 5.75 Å². The summed E-state index contributed by atoms with van der Waals surface area (Å²) in [6, 6.07) is 5.50. The molecule has 1 aliphatic heterocycles. The molecule has 17 heavy (non-hydrogen) atoms. The van der Waals surface area contributed by atoms with Crippen molar-refractivity contribution in [1.82, 2.24) is 4.90 Å². The van der Waals surface area contributed by atoms with Crippen LogP contribution in [0.4, 0.5) is 0 Å². The van der Waals surface area contributed by atoms with Crippen molar-refractivity contribution in [2.45, 2.75) is 13.8 Å². The van der Waals surface area contributed by atoms with Gasteiger partial charge < -0.3 is 9.64 Å². The van der Waals surface area contributed by atoms with Crippen LogP contribution in [0.15, 0.2) is 22.7 Å². The normalized spacial score (nSPS) is 15.6. The molecule has 1 heterocycles. The average molecular weight is 298 g/mol. The van der Waals surface area contributed by atoms with Gasteiger partial charge in [-0.2, -0.15) is 0 Å². The number of carbonyl (C=O) groups is 1. The number of amides is 1. The first kappa shape index (κ1) is 12.4. The Kier molecular flexibility index (Phi) is 3.72. The summed E-state index contributed by atoms with van der Waals surface area (Å²) in [6.45, 7) is 6.39. The Morgan fingerprint density at radius 1 is 1.53 bits per heavy atom. The van der Waals surface area contributed by atoms with Crippen LogP contribution in [0.5, 0.6) is 5.75 Å². The highest BCUT2D eigenvalue weighted by atomic mass is 79.9. The van der Waals surface area contributed by atoms with E-state index >= 15 is 0 Å². The summed E-state index contributed by atoms with van der Waals surface area (Å²) in [7, 11) is 0. The van der Waals surface area contributed by atoms with Crippen molar-refractivity contribution >= 4 is 21.8 Å². The Hall–Kier alpha value is -1.03. The zero-order chi connectivity index (χ0) is 12.4. The van der Waals surface area contributed by atoms with Gasteiger partial charge in [0.2, 0.25) is 0 Å². The zero-order valence-corrected chi connectivity index (χ0v) is 11.7. The van der Waals surface area contributed by atoms with Crippen molar-refractivity contribution in [1.29, 1.82) is 0 Å². The maximum Gasteiger partial charge on any atom is 0.254 e. The fraction of sp³-hybridized carbons (Fsp3) is 0.462. The van der Waals surface area contributed by atoms with Gasteiger partial charge in [0, 0.05) is 18.7 Å². The highest BCUT2D eigenvalue weighted by Crippen LogP contribution is 2.27. The van der Waals surface area contributed by atoms with Gasteiger partial charge in [0.1, 0.15) is 5.75 Å². The Morgan fingerprint density at radius 3 is 2.82 bits per heavy atom. The second-order valence-corrected chi connectivity index (χ2v) is 5.25. The van der Waals surface area contributed by atoms with E-state index in [1.54, 1.807) is 6.07 Å². The molecule has 0 saturated carbocycles. The summed E-state index contributed by atoms with van der Waals surface area (Å²) < 4.78 is 6.34. The maximum atomic E-state index is 12.1. The van der Waals surface area contributed by atoms with Gasteiger partial charge in [-0.3, -0.25) is 4.79 Å². The first-order valence-electron chi connectivity index (χ1n) is 5.83. The van der Waals surface area contributed by atoms with Gasteiger partial charge in [-0.05, 0) is 47.0 Å². The van der Waals surface area contributed by atoms with Gasteiger partial charge in [-0.15, -0.1) is 0 Å². The van der Waals surface area contributed by atoms with Crippen LogP contribution in [0.2, 0.25) is 0 Å². The minimum absolute atomic E-state index is 0.0940. The summed E-state index contributed by atoms with van der Waals surface area (Å²) in [4.78, 5) is 14.0. The summed E-state index contributed by atoms with van der Waals surface area (Å²) in [6.07, 6.45) is 0. The molecule has 1 aromatic carbocycles. The standard InChI is InChI=1S/C13H16BrNO2/c1-3-17-12-6-10(4-5-11(12)14)13(16)15-7-9(2)8-15/h4-6,9H,3,7-8H2,1-2H3. The maximum absolute atomic E-state index is 12.1. The number of hydrogen-bond acceptors (Lipinski definition) is 2. The van der Waals surface area contributed by atoms with Gasteiger partial charge in [0.15, 0.2) is 0 Å². The number of carbonyl (C=O) groups excluding carboxylic acids is 1. The lowest BCUT2D eigenvalue weighted by Gasteiger charge is -2.37. The zero-order valence-electron chi connectivity index (χ0n) is 10.1. The third-order valence-corrected chi connectivity index (χ3v) is 3.48. The number of ether oxygens (including phenoxy) is 1. The van der Waals surface area contributed by atoms with E-state index in [9.17, 15) is 4.79 Å². The van der Waals surface area contributed by atoms with Gasteiger partial charge >= 0.3 is 0 Å². The van der Waals surface area contributed by atoms with E-state index in [0.29, 0.717) is 18.1 Å². The lowest BCUT2D eigenvalue weighted by atomic mass is 10.0. The Balaban J connectivity index is 2.15. The largest absolute Gasteiger partial charge is 0.493 e. The number of likely N-dealkylation sites (tertiary alicyclic amines) is 1. The van der Waals surface area contributed by atoms with E-state index in [0.717, 1.165) is 23.3 Å². The van der Waals surface area contributed by atoms with Gasteiger partial charge in [-0.1, -0.05) is 6.92 Å². The third-order valence-electron chi connectivity index (χ3n) is 2.83. The first-order valence-corrected chi connectivity index (χ1v) is 6.62. The quantitative estimate of drug-likeness (QED) is 0.858. The molecule has 1 saturated heterocycles. The minimum atomic E-state index is 0.0940.